The Morgan fingerprint density at radius 3 is 2.50 bits per heavy atom. The predicted octanol–water partition coefficient (Wildman–Crippen LogP) is 0.759. The van der Waals surface area contributed by atoms with Gasteiger partial charge in [-0.2, -0.15) is 0 Å². The first-order valence-electron chi connectivity index (χ1n) is 5.66. The van der Waals surface area contributed by atoms with Crippen molar-refractivity contribution in [1.82, 2.24) is 4.72 Å². The maximum atomic E-state index is 11.2. The molecule has 0 radical (unpaired) electrons. The number of hydrogen-bond donors (Lipinski definition) is 1. The standard InChI is InChI=1S/C10H23NO4S/c1-3-10-16(12,13)11-6-4-5-7-15-9-8-14-2/h11H,3-10H2,1-2H3. The summed E-state index contributed by atoms with van der Waals surface area (Å²) in [7, 11) is -1.41. The van der Waals surface area contributed by atoms with Gasteiger partial charge in [-0.3, -0.25) is 0 Å². The summed E-state index contributed by atoms with van der Waals surface area (Å²) in [6, 6.07) is 0. The van der Waals surface area contributed by atoms with Crippen molar-refractivity contribution < 1.29 is 17.9 Å². The van der Waals surface area contributed by atoms with E-state index >= 15 is 0 Å². The molecular formula is C10H23NO4S. The lowest BCUT2D eigenvalue weighted by Gasteiger charge is -2.05. The molecule has 0 unspecified atom stereocenters. The number of rotatable bonds is 11. The Morgan fingerprint density at radius 2 is 1.88 bits per heavy atom. The maximum absolute atomic E-state index is 11.2. The zero-order chi connectivity index (χ0) is 12.3. The molecule has 0 spiro atoms. The van der Waals surface area contributed by atoms with Gasteiger partial charge in [-0.25, -0.2) is 13.1 Å². The normalized spacial score (nSPS) is 11.9. The minimum Gasteiger partial charge on any atom is -0.382 e. The molecule has 0 fully saturated rings. The molecule has 0 bridgehead atoms. The number of unbranched alkanes of at least 4 members (excludes halogenated alkanes) is 1. The van der Waals surface area contributed by atoms with E-state index in [2.05, 4.69) is 4.72 Å². The predicted molar refractivity (Wildman–Crippen MR) is 64.0 cm³/mol. The molecule has 5 nitrogen and oxygen atoms in total. The van der Waals surface area contributed by atoms with Crippen LogP contribution in [0.2, 0.25) is 0 Å². The van der Waals surface area contributed by atoms with Crippen LogP contribution in [0.15, 0.2) is 0 Å². The summed E-state index contributed by atoms with van der Waals surface area (Å²) in [5.41, 5.74) is 0. The lowest BCUT2D eigenvalue weighted by molar-refractivity contribution is 0.0689. The molecule has 0 saturated heterocycles. The van der Waals surface area contributed by atoms with Crippen LogP contribution in [0.5, 0.6) is 0 Å². The number of methoxy groups -OCH3 is 1. The van der Waals surface area contributed by atoms with E-state index in [0.717, 1.165) is 12.8 Å². The van der Waals surface area contributed by atoms with E-state index in [1.165, 1.54) is 0 Å². The van der Waals surface area contributed by atoms with E-state index in [-0.39, 0.29) is 5.75 Å². The van der Waals surface area contributed by atoms with Gasteiger partial charge in [0.05, 0.1) is 19.0 Å². The van der Waals surface area contributed by atoms with E-state index < -0.39 is 10.0 Å². The molecule has 0 aromatic carbocycles. The first-order chi connectivity index (χ1) is 7.62. The van der Waals surface area contributed by atoms with Gasteiger partial charge >= 0.3 is 0 Å². The van der Waals surface area contributed by atoms with Crippen LogP contribution in [0.4, 0.5) is 0 Å². The fourth-order valence-corrected chi connectivity index (χ4v) is 2.28. The van der Waals surface area contributed by atoms with Crippen LogP contribution in [-0.4, -0.2) is 47.6 Å². The van der Waals surface area contributed by atoms with Crippen molar-refractivity contribution in [2.24, 2.45) is 0 Å². The van der Waals surface area contributed by atoms with Crippen LogP contribution in [0.3, 0.4) is 0 Å². The second-order valence-electron chi connectivity index (χ2n) is 3.53. The van der Waals surface area contributed by atoms with Crippen molar-refractivity contribution in [2.45, 2.75) is 26.2 Å². The Kier molecular flexibility index (Phi) is 9.91. The molecular weight excluding hydrogens is 230 g/mol. The third kappa shape index (κ3) is 10.4. The molecule has 0 amide bonds. The van der Waals surface area contributed by atoms with Crippen LogP contribution < -0.4 is 4.72 Å². The molecule has 16 heavy (non-hydrogen) atoms. The van der Waals surface area contributed by atoms with Crippen LogP contribution in [-0.2, 0) is 19.5 Å². The highest BCUT2D eigenvalue weighted by atomic mass is 32.2. The summed E-state index contributed by atoms with van der Waals surface area (Å²) in [5, 5.41) is 0. The molecule has 0 aliphatic rings. The van der Waals surface area contributed by atoms with Crippen LogP contribution >= 0.6 is 0 Å². The van der Waals surface area contributed by atoms with Gasteiger partial charge in [0.15, 0.2) is 0 Å². The fraction of sp³-hybridized carbons (Fsp3) is 1.00. The van der Waals surface area contributed by atoms with Crippen LogP contribution in [0.25, 0.3) is 0 Å². The molecule has 1 N–H and O–H groups in total. The van der Waals surface area contributed by atoms with Crippen molar-refractivity contribution in [2.75, 3.05) is 39.2 Å². The quantitative estimate of drug-likeness (QED) is 0.552. The Bertz CT molecular complexity index is 241. The highest BCUT2D eigenvalue weighted by Gasteiger charge is 2.06. The van der Waals surface area contributed by atoms with Gasteiger partial charge in [0, 0.05) is 20.3 Å². The Balaban J connectivity index is 3.27. The number of hydrogen-bond acceptors (Lipinski definition) is 4. The summed E-state index contributed by atoms with van der Waals surface area (Å²) in [5.74, 6) is 0.206. The van der Waals surface area contributed by atoms with Crippen molar-refractivity contribution in [3.05, 3.63) is 0 Å². The lowest BCUT2D eigenvalue weighted by Crippen LogP contribution is -2.27. The maximum Gasteiger partial charge on any atom is 0.211 e. The minimum absolute atomic E-state index is 0.206. The van der Waals surface area contributed by atoms with E-state index in [1.807, 2.05) is 6.92 Å². The van der Waals surface area contributed by atoms with Crippen molar-refractivity contribution >= 4 is 10.0 Å². The Hall–Kier alpha value is -0.170. The largest absolute Gasteiger partial charge is 0.382 e. The molecule has 0 aromatic heterocycles. The average molecular weight is 253 g/mol. The molecule has 6 heteroatoms. The fourth-order valence-electron chi connectivity index (χ4n) is 1.14. The molecule has 0 aliphatic carbocycles. The molecule has 0 rings (SSSR count). The summed E-state index contributed by atoms with van der Waals surface area (Å²) in [6.07, 6.45) is 2.31. The molecule has 0 aliphatic heterocycles. The smallest absolute Gasteiger partial charge is 0.211 e. The van der Waals surface area contributed by atoms with Gasteiger partial charge in [-0.05, 0) is 19.3 Å². The van der Waals surface area contributed by atoms with Crippen molar-refractivity contribution in [1.29, 1.82) is 0 Å². The SMILES string of the molecule is CCCS(=O)(=O)NCCCCOCCOC. The lowest BCUT2D eigenvalue weighted by atomic mass is 10.3. The van der Waals surface area contributed by atoms with Gasteiger partial charge in [-0.15, -0.1) is 0 Å². The summed E-state index contributed by atoms with van der Waals surface area (Å²) >= 11 is 0. The molecule has 98 valence electrons. The van der Waals surface area contributed by atoms with Crippen LogP contribution in [0, 0.1) is 0 Å². The van der Waals surface area contributed by atoms with E-state index in [9.17, 15) is 8.42 Å². The monoisotopic (exact) mass is 253 g/mol. The second kappa shape index (κ2) is 10.0. The zero-order valence-electron chi connectivity index (χ0n) is 10.2. The molecule has 0 aromatic rings. The zero-order valence-corrected chi connectivity index (χ0v) is 11.0. The van der Waals surface area contributed by atoms with Gasteiger partial charge in [-0.1, -0.05) is 6.92 Å². The second-order valence-corrected chi connectivity index (χ2v) is 5.45. The molecule has 0 saturated carbocycles. The summed E-state index contributed by atoms with van der Waals surface area (Å²) in [4.78, 5) is 0. The molecule has 0 atom stereocenters. The first kappa shape index (κ1) is 15.8. The number of ether oxygens (including phenoxy) is 2. The van der Waals surface area contributed by atoms with Crippen molar-refractivity contribution in [3.8, 4) is 0 Å². The summed E-state index contributed by atoms with van der Waals surface area (Å²) < 4.78 is 35.1. The number of nitrogens with one attached hydrogen (secondary N) is 1. The van der Waals surface area contributed by atoms with Gasteiger partial charge in [0.1, 0.15) is 0 Å². The Morgan fingerprint density at radius 1 is 1.12 bits per heavy atom. The first-order valence-corrected chi connectivity index (χ1v) is 7.31. The van der Waals surface area contributed by atoms with Gasteiger partial charge in [0.2, 0.25) is 10.0 Å². The van der Waals surface area contributed by atoms with Crippen molar-refractivity contribution in [3.63, 3.8) is 0 Å². The van der Waals surface area contributed by atoms with E-state index in [1.54, 1.807) is 7.11 Å². The summed E-state index contributed by atoms with van der Waals surface area (Å²) in [6.45, 7) is 4.19. The average Bonchev–Trinajstić information content (AvgIpc) is 2.22. The third-order valence-electron chi connectivity index (χ3n) is 1.94. The topological polar surface area (TPSA) is 64.6 Å². The van der Waals surface area contributed by atoms with Crippen LogP contribution in [0.1, 0.15) is 26.2 Å². The Labute approximate surface area is 98.6 Å². The van der Waals surface area contributed by atoms with E-state index in [4.69, 9.17) is 9.47 Å². The minimum atomic E-state index is -3.04. The number of sulfonamides is 1. The molecule has 0 heterocycles. The highest BCUT2D eigenvalue weighted by Crippen LogP contribution is 1.92. The van der Waals surface area contributed by atoms with Gasteiger partial charge < -0.3 is 9.47 Å². The van der Waals surface area contributed by atoms with Gasteiger partial charge in [0.25, 0.3) is 0 Å². The van der Waals surface area contributed by atoms with E-state index in [0.29, 0.717) is 32.8 Å². The highest BCUT2D eigenvalue weighted by molar-refractivity contribution is 7.89. The third-order valence-corrected chi connectivity index (χ3v) is 3.53.